The van der Waals surface area contributed by atoms with E-state index in [1.807, 2.05) is 41.3 Å². The number of carbonyl (C=O) groups excluding carboxylic acids is 1. The van der Waals surface area contributed by atoms with Crippen LogP contribution in [0.15, 0.2) is 66.9 Å². The van der Waals surface area contributed by atoms with Crippen LogP contribution in [0.2, 0.25) is 0 Å². The number of para-hydroxylation sites is 1. The molecule has 2 aliphatic heterocycles. The fraction of sp³-hybridized carbons (Fsp3) is 0.320. The average Bonchev–Trinajstić information content (AvgIpc) is 2.84. The fourth-order valence-corrected chi connectivity index (χ4v) is 4.56. The van der Waals surface area contributed by atoms with Crippen molar-refractivity contribution in [2.75, 3.05) is 23.7 Å². The summed E-state index contributed by atoms with van der Waals surface area (Å²) in [6, 6.07) is 20.0. The number of anilines is 3. The molecule has 0 aliphatic carbocycles. The van der Waals surface area contributed by atoms with Crippen molar-refractivity contribution in [2.45, 2.75) is 37.6 Å². The number of rotatable bonds is 4. The molecule has 2 aromatic heterocycles. The van der Waals surface area contributed by atoms with E-state index in [1.165, 1.54) is 5.56 Å². The van der Waals surface area contributed by atoms with Crippen molar-refractivity contribution in [2.24, 2.45) is 0 Å². The lowest BCUT2D eigenvalue weighted by Crippen LogP contribution is -2.47. The molecule has 4 heterocycles. The maximum absolute atomic E-state index is 13.1. The molecule has 1 saturated heterocycles. The van der Waals surface area contributed by atoms with Gasteiger partial charge in [-0.2, -0.15) is 0 Å². The summed E-state index contributed by atoms with van der Waals surface area (Å²) in [7, 11) is 0. The quantitative estimate of drug-likeness (QED) is 0.665. The van der Waals surface area contributed by atoms with Crippen molar-refractivity contribution >= 4 is 23.2 Å². The number of hydrogen-bond acceptors (Lipinski definition) is 5. The summed E-state index contributed by atoms with van der Waals surface area (Å²) in [6.45, 7) is 1.56. The van der Waals surface area contributed by atoms with Gasteiger partial charge in [-0.3, -0.25) is 4.79 Å². The second kappa shape index (κ2) is 8.76. The zero-order chi connectivity index (χ0) is 21.0. The highest BCUT2D eigenvalue weighted by Crippen LogP contribution is 2.30. The molecule has 158 valence electrons. The van der Waals surface area contributed by atoms with Crippen molar-refractivity contribution < 1.29 is 4.79 Å². The third-order valence-corrected chi connectivity index (χ3v) is 6.26. The molecule has 0 saturated carbocycles. The maximum atomic E-state index is 13.1. The number of hydrogen-bond donors (Lipinski definition) is 2. The molecule has 6 nitrogen and oxygen atoms in total. The van der Waals surface area contributed by atoms with Crippen molar-refractivity contribution in [3.05, 3.63) is 78.1 Å². The summed E-state index contributed by atoms with van der Waals surface area (Å²) in [5.41, 5.74) is 3.48. The number of fused-ring (bicyclic) bond motifs is 1. The summed E-state index contributed by atoms with van der Waals surface area (Å²) in [5, 5.41) is 6.72. The van der Waals surface area contributed by atoms with Gasteiger partial charge >= 0.3 is 0 Å². The molecule has 1 atom stereocenters. The third kappa shape index (κ3) is 4.38. The number of nitrogens with zero attached hydrogens (tertiary/aromatic N) is 3. The normalized spacial score (nSPS) is 18.7. The number of benzene rings is 1. The van der Waals surface area contributed by atoms with Gasteiger partial charge in [0.15, 0.2) is 0 Å². The zero-order valence-electron chi connectivity index (χ0n) is 17.5. The minimum atomic E-state index is -0.115. The van der Waals surface area contributed by atoms with Crippen LogP contribution < -0.4 is 10.6 Å². The van der Waals surface area contributed by atoms with Crippen LogP contribution in [-0.2, 0) is 11.2 Å². The van der Waals surface area contributed by atoms with Gasteiger partial charge in [0.2, 0.25) is 5.91 Å². The van der Waals surface area contributed by atoms with Crippen LogP contribution in [0.5, 0.6) is 0 Å². The predicted octanol–water partition coefficient (Wildman–Crippen LogP) is 4.35. The van der Waals surface area contributed by atoms with Crippen LogP contribution in [0.1, 0.15) is 36.4 Å². The Morgan fingerprint density at radius 2 is 1.74 bits per heavy atom. The van der Waals surface area contributed by atoms with Crippen molar-refractivity contribution in [1.82, 2.24) is 14.9 Å². The first-order chi connectivity index (χ1) is 15.3. The molecule has 1 aromatic carbocycles. The van der Waals surface area contributed by atoms with Gasteiger partial charge in [-0.05, 0) is 61.6 Å². The highest BCUT2D eigenvalue weighted by molar-refractivity contribution is 5.85. The van der Waals surface area contributed by atoms with Gasteiger partial charge in [0.1, 0.15) is 17.7 Å². The fourth-order valence-electron chi connectivity index (χ4n) is 4.56. The van der Waals surface area contributed by atoms with E-state index in [2.05, 4.69) is 39.9 Å². The molecular weight excluding hydrogens is 386 g/mol. The first-order valence-electron chi connectivity index (χ1n) is 11.0. The lowest BCUT2D eigenvalue weighted by Gasteiger charge is -2.36. The molecule has 2 N–H and O–H groups in total. The lowest BCUT2D eigenvalue weighted by molar-refractivity contribution is -0.133. The number of aryl methyl sites for hydroxylation is 1. The maximum Gasteiger partial charge on any atom is 0.245 e. The molecule has 6 heteroatoms. The molecule has 2 aliphatic rings. The summed E-state index contributed by atoms with van der Waals surface area (Å²) in [6.07, 6.45) is 5.46. The Labute approximate surface area is 182 Å². The van der Waals surface area contributed by atoms with Gasteiger partial charge in [-0.25, -0.2) is 9.97 Å². The van der Waals surface area contributed by atoms with E-state index in [4.69, 9.17) is 4.98 Å². The minimum Gasteiger partial charge on any atom is -0.373 e. The molecule has 1 amide bonds. The molecule has 0 spiro atoms. The summed E-state index contributed by atoms with van der Waals surface area (Å²) in [5.74, 6) is 2.19. The van der Waals surface area contributed by atoms with Crippen molar-refractivity contribution in [1.29, 1.82) is 0 Å². The molecule has 0 unspecified atom stereocenters. The minimum absolute atomic E-state index is 0.115. The molecular formula is C25H27N5O. The van der Waals surface area contributed by atoms with Gasteiger partial charge in [0, 0.05) is 36.6 Å². The summed E-state index contributed by atoms with van der Waals surface area (Å²) < 4.78 is 0. The molecule has 3 aromatic rings. The standard InChI is InChI=1S/C25H27N5O/c31-25(22-12-11-18-6-1-2-7-20(18)27-22)30-16-13-19(14-17-30)21-8-5-10-24(28-21)29-23-9-3-4-15-26-23/h1-10,15,19,22,27H,11-14,16-17H2,(H,26,28,29)/t22-/m0/s1. The van der Waals surface area contributed by atoms with Crippen LogP contribution >= 0.6 is 0 Å². The van der Waals surface area contributed by atoms with E-state index in [9.17, 15) is 4.79 Å². The van der Waals surface area contributed by atoms with E-state index in [0.29, 0.717) is 5.92 Å². The Kier molecular flexibility index (Phi) is 5.52. The largest absolute Gasteiger partial charge is 0.373 e. The Balaban J connectivity index is 1.19. The monoisotopic (exact) mass is 413 g/mol. The Morgan fingerprint density at radius 1 is 0.935 bits per heavy atom. The number of carbonyl (C=O) groups is 1. The summed E-state index contributed by atoms with van der Waals surface area (Å²) in [4.78, 5) is 24.2. The zero-order valence-corrected chi connectivity index (χ0v) is 17.5. The van der Waals surface area contributed by atoms with Gasteiger partial charge in [-0.15, -0.1) is 0 Å². The number of piperidine rings is 1. The Morgan fingerprint density at radius 3 is 2.58 bits per heavy atom. The number of aromatic nitrogens is 2. The van der Waals surface area contributed by atoms with Crippen LogP contribution in [0.25, 0.3) is 0 Å². The number of likely N-dealkylation sites (tertiary alicyclic amines) is 1. The van der Waals surface area contributed by atoms with Gasteiger partial charge in [-0.1, -0.05) is 30.3 Å². The average molecular weight is 414 g/mol. The second-order valence-electron chi connectivity index (χ2n) is 8.28. The van der Waals surface area contributed by atoms with E-state index in [0.717, 1.165) is 61.8 Å². The van der Waals surface area contributed by atoms with Crippen LogP contribution in [0.4, 0.5) is 17.3 Å². The third-order valence-electron chi connectivity index (χ3n) is 6.26. The predicted molar refractivity (Wildman–Crippen MR) is 122 cm³/mol. The number of amides is 1. The highest BCUT2D eigenvalue weighted by Gasteiger charge is 2.31. The number of pyridine rings is 2. The molecule has 5 rings (SSSR count). The van der Waals surface area contributed by atoms with Crippen molar-refractivity contribution in [3.8, 4) is 0 Å². The topological polar surface area (TPSA) is 70.2 Å². The van der Waals surface area contributed by atoms with Crippen molar-refractivity contribution in [3.63, 3.8) is 0 Å². The number of nitrogens with one attached hydrogen (secondary N) is 2. The van der Waals surface area contributed by atoms with E-state index in [-0.39, 0.29) is 11.9 Å². The summed E-state index contributed by atoms with van der Waals surface area (Å²) >= 11 is 0. The molecule has 0 bridgehead atoms. The lowest BCUT2D eigenvalue weighted by atomic mass is 9.91. The SMILES string of the molecule is O=C([C@@H]1CCc2ccccc2N1)N1CCC(c2cccc(Nc3ccccn3)n2)CC1. The molecule has 1 fully saturated rings. The van der Waals surface area contributed by atoms with Gasteiger partial charge in [0.05, 0.1) is 0 Å². The van der Waals surface area contributed by atoms with Gasteiger partial charge in [0.25, 0.3) is 0 Å². The van der Waals surface area contributed by atoms with Crippen LogP contribution in [0, 0.1) is 0 Å². The van der Waals surface area contributed by atoms with Crippen LogP contribution in [0.3, 0.4) is 0 Å². The first-order valence-corrected chi connectivity index (χ1v) is 11.0. The molecule has 31 heavy (non-hydrogen) atoms. The van der Waals surface area contributed by atoms with E-state index in [1.54, 1.807) is 6.20 Å². The first kappa shape index (κ1) is 19.5. The van der Waals surface area contributed by atoms with Gasteiger partial charge < -0.3 is 15.5 Å². The van der Waals surface area contributed by atoms with E-state index < -0.39 is 0 Å². The Hall–Kier alpha value is -3.41. The smallest absolute Gasteiger partial charge is 0.245 e. The second-order valence-corrected chi connectivity index (χ2v) is 8.28. The van der Waals surface area contributed by atoms with E-state index >= 15 is 0 Å². The Bertz CT molecular complexity index is 1050. The molecule has 0 radical (unpaired) electrons. The van der Waals surface area contributed by atoms with Crippen LogP contribution in [-0.4, -0.2) is 39.9 Å². The highest BCUT2D eigenvalue weighted by atomic mass is 16.2.